The predicted octanol–water partition coefficient (Wildman–Crippen LogP) is 4.88. The first kappa shape index (κ1) is 16.8. The molecule has 3 aliphatic carbocycles. The summed E-state index contributed by atoms with van der Waals surface area (Å²) in [5.74, 6) is 0. The fourth-order valence-electron chi connectivity index (χ4n) is 1.58. The van der Waals surface area contributed by atoms with E-state index in [0.29, 0.717) is 0 Å². The van der Waals surface area contributed by atoms with Gasteiger partial charge in [0.25, 0.3) is 0 Å². The summed E-state index contributed by atoms with van der Waals surface area (Å²) in [6.45, 7) is 0. The van der Waals surface area contributed by atoms with Crippen LogP contribution in [0.4, 0.5) is 0 Å². The number of rotatable bonds is 0. The summed E-state index contributed by atoms with van der Waals surface area (Å²) >= 11 is 0. The molecular weight excluding hydrogens is 283 g/mol. The quantitative estimate of drug-likeness (QED) is 0.560. The van der Waals surface area contributed by atoms with Gasteiger partial charge in [-0.25, -0.2) is 24.3 Å². The number of allylic oxidation sites excluding steroid dienone is 8. The Hall–Kier alpha value is -0.157. The van der Waals surface area contributed by atoms with E-state index in [1.807, 2.05) is 24.3 Å². The summed E-state index contributed by atoms with van der Waals surface area (Å²) in [6.07, 6.45) is 29.5. The fraction of sp³-hybridized carbons (Fsp3) is 0.438. The van der Waals surface area contributed by atoms with Crippen LogP contribution in [-0.2, 0) is 26.2 Å². The number of hydrogen-bond donors (Lipinski definition) is 0. The monoisotopic (exact) mass is 304 g/mol. The van der Waals surface area contributed by atoms with E-state index in [1.165, 1.54) is 32.1 Å². The zero-order chi connectivity index (χ0) is 11.3. The second-order valence-electron chi connectivity index (χ2n) is 3.93. The molecule has 0 aromatic carbocycles. The molecule has 0 N–H and O–H groups in total. The van der Waals surface area contributed by atoms with Crippen LogP contribution >= 0.6 is 0 Å². The van der Waals surface area contributed by atoms with Gasteiger partial charge in [-0.15, -0.1) is 12.8 Å². The molecule has 0 spiro atoms. The van der Waals surface area contributed by atoms with Crippen LogP contribution < -0.4 is 0 Å². The molecule has 0 nitrogen and oxygen atoms in total. The van der Waals surface area contributed by atoms with Crippen molar-refractivity contribution >= 4 is 0 Å². The normalized spacial score (nSPS) is 18.8. The molecule has 3 aliphatic rings. The van der Waals surface area contributed by atoms with Crippen LogP contribution in [0.1, 0.15) is 46.4 Å². The van der Waals surface area contributed by atoms with Gasteiger partial charge in [0.05, 0.1) is 0 Å². The van der Waals surface area contributed by atoms with Gasteiger partial charge < -0.3 is 7.85 Å². The molecule has 0 saturated heterocycles. The molecule has 0 unspecified atom stereocenters. The molecule has 0 amide bonds. The van der Waals surface area contributed by atoms with E-state index in [-0.39, 0.29) is 27.6 Å². The Balaban J connectivity index is 0. The Kier molecular flexibility index (Phi) is 13.8. The standard InChI is InChI=1S/C6H11.2C5H5.Zr.H/c1-2-4-6-5-3-1;2*1-2-4-5-3-1;;/h1H,2-6H2;2*1-3H,4H2;;/q3*-1;+4;-1. The van der Waals surface area contributed by atoms with Crippen molar-refractivity contribution in [3.8, 4) is 0 Å². The first-order chi connectivity index (χ1) is 8.00. The molecule has 3 rings (SSSR count). The van der Waals surface area contributed by atoms with Crippen LogP contribution in [0.2, 0.25) is 0 Å². The van der Waals surface area contributed by atoms with Crippen molar-refractivity contribution in [1.29, 1.82) is 0 Å². The number of hydrogen-bond acceptors (Lipinski definition) is 0. The minimum Gasteiger partial charge on any atom is -1.00 e. The molecule has 0 aromatic heterocycles. The topological polar surface area (TPSA) is 0 Å². The Labute approximate surface area is 127 Å². The molecule has 17 heavy (non-hydrogen) atoms. The maximum Gasteiger partial charge on any atom is 4.00 e. The molecule has 0 aliphatic heterocycles. The predicted molar refractivity (Wildman–Crippen MR) is 71.6 cm³/mol. The van der Waals surface area contributed by atoms with Gasteiger partial charge in [0.15, 0.2) is 0 Å². The fourth-order valence-corrected chi connectivity index (χ4v) is 1.58. The zero-order valence-electron chi connectivity index (χ0n) is 11.5. The van der Waals surface area contributed by atoms with E-state index in [0.717, 1.165) is 12.8 Å². The summed E-state index contributed by atoms with van der Waals surface area (Å²) in [5.41, 5.74) is 0. The van der Waals surface area contributed by atoms with Gasteiger partial charge >= 0.3 is 26.2 Å². The SMILES string of the molecule is [C-]1=CC=CC1.[C-]1=CC=CC1.[CH-]1CCCCC1.[H-].[Zr+4]. The first-order valence-corrected chi connectivity index (χ1v) is 6.25. The summed E-state index contributed by atoms with van der Waals surface area (Å²) < 4.78 is 0. The Morgan fingerprint density at radius 2 is 1.35 bits per heavy atom. The molecule has 0 radical (unpaired) electrons. The molecule has 0 heterocycles. The van der Waals surface area contributed by atoms with Gasteiger partial charge in [-0.05, 0) is 0 Å². The Morgan fingerprint density at radius 3 is 1.47 bits per heavy atom. The van der Waals surface area contributed by atoms with Gasteiger partial charge in [0.1, 0.15) is 0 Å². The molecular formula is C16H22Zr. The van der Waals surface area contributed by atoms with E-state index >= 15 is 0 Å². The van der Waals surface area contributed by atoms with E-state index < -0.39 is 0 Å². The van der Waals surface area contributed by atoms with Gasteiger partial charge in [-0.1, -0.05) is 19.3 Å². The third-order valence-electron chi connectivity index (χ3n) is 2.49. The van der Waals surface area contributed by atoms with Crippen LogP contribution in [0.3, 0.4) is 0 Å². The van der Waals surface area contributed by atoms with E-state index in [1.54, 1.807) is 0 Å². The average molecular weight is 306 g/mol. The second kappa shape index (κ2) is 13.9. The van der Waals surface area contributed by atoms with E-state index in [9.17, 15) is 0 Å². The first-order valence-electron chi connectivity index (χ1n) is 6.25. The third-order valence-corrected chi connectivity index (χ3v) is 2.49. The van der Waals surface area contributed by atoms with Gasteiger partial charge in [0, 0.05) is 0 Å². The van der Waals surface area contributed by atoms with E-state index in [4.69, 9.17) is 0 Å². The minimum absolute atomic E-state index is 0. The molecule has 1 heteroatoms. The van der Waals surface area contributed by atoms with Crippen LogP contribution in [-0.4, -0.2) is 0 Å². The maximum atomic E-state index is 2.99. The molecule has 90 valence electrons. The molecule has 1 fully saturated rings. The molecule has 0 aromatic rings. The summed E-state index contributed by atoms with van der Waals surface area (Å²) in [5, 5.41) is 0. The van der Waals surface area contributed by atoms with Crippen LogP contribution in [0, 0.1) is 18.6 Å². The average Bonchev–Trinajstić information content (AvgIpc) is 3.10. The third kappa shape index (κ3) is 12.1. The summed E-state index contributed by atoms with van der Waals surface area (Å²) in [7, 11) is 0. The van der Waals surface area contributed by atoms with Crippen molar-refractivity contribution in [3.05, 3.63) is 55.0 Å². The van der Waals surface area contributed by atoms with Crippen molar-refractivity contribution in [2.45, 2.75) is 44.9 Å². The molecule has 1 saturated carbocycles. The molecule has 0 bridgehead atoms. The Morgan fingerprint density at radius 1 is 0.824 bits per heavy atom. The van der Waals surface area contributed by atoms with Gasteiger partial charge in [0.2, 0.25) is 0 Å². The van der Waals surface area contributed by atoms with Crippen LogP contribution in [0.25, 0.3) is 0 Å². The van der Waals surface area contributed by atoms with Gasteiger partial charge in [-0.2, -0.15) is 25.0 Å². The minimum atomic E-state index is 0. The largest absolute Gasteiger partial charge is 4.00 e. The van der Waals surface area contributed by atoms with Crippen LogP contribution in [0.15, 0.2) is 36.5 Å². The Bertz CT molecular complexity index is 207. The van der Waals surface area contributed by atoms with Crippen molar-refractivity contribution in [2.75, 3.05) is 0 Å². The van der Waals surface area contributed by atoms with Crippen molar-refractivity contribution in [2.24, 2.45) is 0 Å². The zero-order valence-corrected chi connectivity index (χ0v) is 12.9. The van der Waals surface area contributed by atoms with Gasteiger partial charge in [-0.3, -0.25) is 12.2 Å². The molecule has 0 atom stereocenters. The van der Waals surface area contributed by atoms with E-state index in [2.05, 4.69) is 30.7 Å². The smallest absolute Gasteiger partial charge is 1.00 e. The van der Waals surface area contributed by atoms with Crippen molar-refractivity contribution in [3.63, 3.8) is 0 Å². The maximum absolute atomic E-state index is 2.99. The second-order valence-corrected chi connectivity index (χ2v) is 3.93. The van der Waals surface area contributed by atoms with Crippen molar-refractivity contribution in [1.82, 2.24) is 0 Å². The van der Waals surface area contributed by atoms with Crippen molar-refractivity contribution < 1.29 is 27.6 Å². The van der Waals surface area contributed by atoms with Crippen LogP contribution in [0.5, 0.6) is 0 Å². The summed E-state index contributed by atoms with van der Waals surface area (Å²) in [6, 6.07) is 0. The summed E-state index contributed by atoms with van der Waals surface area (Å²) in [4.78, 5) is 0.